The molecule has 0 radical (unpaired) electrons. The van der Waals surface area contributed by atoms with E-state index in [4.69, 9.17) is 19.8 Å². The summed E-state index contributed by atoms with van der Waals surface area (Å²) in [5.41, 5.74) is -0.0250. The zero-order valence-electron chi connectivity index (χ0n) is 20.7. The molecule has 202 valence electrons. The third-order valence-electron chi connectivity index (χ3n) is 7.16. The molecule has 36 heavy (non-hydrogen) atoms. The first-order valence-electron chi connectivity index (χ1n) is 12.1. The first kappa shape index (κ1) is 29.6. The number of carbonyl (C=O) groups excluding carboxylic acids is 1. The third kappa shape index (κ3) is 7.92. The van der Waals surface area contributed by atoms with Crippen LogP contribution in [0.3, 0.4) is 0 Å². The molecule has 1 aromatic carbocycles. The number of halogens is 3. The molecule has 1 aromatic rings. The van der Waals surface area contributed by atoms with Crippen LogP contribution in [0.25, 0.3) is 0 Å². The summed E-state index contributed by atoms with van der Waals surface area (Å²) in [7, 11) is 4.22. The van der Waals surface area contributed by atoms with E-state index in [0.717, 1.165) is 38.3 Å². The highest BCUT2D eigenvalue weighted by atomic mass is 19.4. The summed E-state index contributed by atoms with van der Waals surface area (Å²) >= 11 is 0. The number of amides is 1. The largest absolute Gasteiger partial charge is 0.483 e. The lowest BCUT2D eigenvalue weighted by Crippen LogP contribution is -2.66. The topological polar surface area (TPSA) is 101 Å². The highest BCUT2D eigenvalue weighted by Gasteiger charge is 2.47. The van der Waals surface area contributed by atoms with Gasteiger partial charge < -0.3 is 20.0 Å². The van der Waals surface area contributed by atoms with E-state index in [1.54, 1.807) is 0 Å². The van der Waals surface area contributed by atoms with E-state index in [2.05, 4.69) is 23.9 Å². The lowest BCUT2D eigenvalue weighted by atomic mass is 9.72. The fourth-order valence-corrected chi connectivity index (χ4v) is 5.83. The average Bonchev–Trinajstić information content (AvgIpc) is 2.82. The van der Waals surface area contributed by atoms with Gasteiger partial charge in [-0.3, -0.25) is 19.3 Å². The van der Waals surface area contributed by atoms with Crippen LogP contribution in [0.4, 0.5) is 13.2 Å². The number of benzene rings is 1. The lowest BCUT2D eigenvalue weighted by Gasteiger charge is -2.57. The van der Waals surface area contributed by atoms with Crippen LogP contribution >= 0.6 is 0 Å². The van der Waals surface area contributed by atoms with Crippen LogP contribution in [-0.2, 0) is 27.0 Å². The van der Waals surface area contributed by atoms with Gasteiger partial charge in [0.25, 0.3) is 12.9 Å². The molecular formula is C25H36F3N3O5. The summed E-state index contributed by atoms with van der Waals surface area (Å²) in [6.45, 7) is 3.22. The molecule has 2 N–H and O–H groups in total. The number of hydrogen-bond acceptors (Lipinski definition) is 5. The Kier molecular flexibility index (Phi) is 11.2. The second-order valence-corrected chi connectivity index (χ2v) is 9.77. The highest BCUT2D eigenvalue weighted by Crippen LogP contribution is 2.41. The van der Waals surface area contributed by atoms with Gasteiger partial charge >= 0.3 is 6.18 Å². The minimum atomic E-state index is -4.35. The van der Waals surface area contributed by atoms with Crippen molar-refractivity contribution in [3.05, 3.63) is 35.4 Å². The molecule has 4 atom stereocenters. The number of likely N-dealkylation sites (N-methyl/N-ethyl adjacent to an activating group) is 1. The van der Waals surface area contributed by atoms with Crippen molar-refractivity contribution in [3.8, 4) is 0 Å². The summed E-state index contributed by atoms with van der Waals surface area (Å²) in [6, 6.07) is 6.04. The first-order chi connectivity index (χ1) is 17.0. The van der Waals surface area contributed by atoms with Gasteiger partial charge in [0.15, 0.2) is 0 Å². The van der Waals surface area contributed by atoms with Gasteiger partial charge in [-0.05, 0) is 69.4 Å². The van der Waals surface area contributed by atoms with Crippen LogP contribution in [-0.4, -0.2) is 96.1 Å². The van der Waals surface area contributed by atoms with E-state index < -0.39 is 11.7 Å². The molecule has 4 rings (SSSR count). The van der Waals surface area contributed by atoms with Gasteiger partial charge in [0.2, 0.25) is 5.91 Å². The number of alkyl halides is 3. The number of rotatable bonds is 4. The maximum atomic E-state index is 13.0. The summed E-state index contributed by atoms with van der Waals surface area (Å²) in [5, 5.41) is 13.8. The van der Waals surface area contributed by atoms with Crippen LogP contribution in [0.1, 0.15) is 36.8 Å². The fourth-order valence-electron chi connectivity index (χ4n) is 5.83. The van der Waals surface area contributed by atoms with Gasteiger partial charge in [0.1, 0.15) is 0 Å². The van der Waals surface area contributed by atoms with E-state index in [9.17, 15) is 18.0 Å². The van der Waals surface area contributed by atoms with Crippen LogP contribution in [0.5, 0.6) is 0 Å². The van der Waals surface area contributed by atoms with Crippen LogP contribution < -0.4 is 0 Å². The molecule has 3 saturated heterocycles. The van der Waals surface area contributed by atoms with E-state index in [1.165, 1.54) is 37.8 Å². The van der Waals surface area contributed by atoms with E-state index in [1.807, 2.05) is 4.90 Å². The Labute approximate surface area is 209 Å². The second-order valence-electron chi connectivity index (χ2n) is 9.77. The number of fused-ring (bicyclic) bond motifs is 4. The lowest BCUT2D eigenvalue weighted by molar-refractivity contribution is -0.140. The summed E-state index contributed by atoms with van der Waals surface area (Å²) in [4.78, 5) is 36.7. The fraction of sp³-hybridized carbons (Fsp3) is 0.640. The van der Waals surface area contributed by atoms with Crippen LogP contribution in [0.2, 0.25) is 0 Å². The van der Waals surface area contributed by atoms with Crippen molar-refractivity contribution >= 4 is 18.9 Å². The Morgan fingerprint density at radius 2 is 1.64 bits per heavy atom. The quantitative estimate of drug-likeness (QED) is 0.595. The van der Waals surface area contributed by atoms with Crippen molar-refractivity contribution in [1.82, 2.24) is 14.7 Å². The predicted octanol–water partition coefficient (Wildman–Crippen LogP) is 2.91. The van der Waals surface area contributed by atoms with Crippen molar-refractivity contribution < 1.29 is 37.8 Å². The number of piperidine rings is 3. The van der Waals surface area contributed by atoms with Gasteiger partial charge in [0.05, 0.1) is 12.0 Å². The van der Waals surface area contributed by atoms with E-state index >= 15 is 0 Å². The maximum Gasteiger partial charge on any atom is 0.416 e. The molecule has 0 aromatic heterocycles. The Hall–Kier alpha value is -2.66. The predicted molar refractivity (Wildman–Crippen MR) is 127 cm³/mol. The molecular weight excluding hydrogens is 479 g/mol. The third-order valence-corrected chi connectivity index (χ3v) is 7.16. The average molecular weight is 516 g/mol. The highest BCUT2D eigenvalue weighted by molar-refractivity contribution is 5.79. The SMILES string of the molecule is CN(C)C[C@H]1[C@H]2C[C@H](CN(C(=O)Cc3ccc(C(F)(F)F)cc3)C2)[C@@H]2CCCCN21.O=CO.O=CO. The number of hydrogen-bond donors (Lipinski definition) is 2. The standard InChI is InChI=1S/C23H32F3N3O.2CH2O2/c1-27(2)15-21-18-12-17(20-5-3-4-10-29(20)21)13-28(14-18)22(30)11-16-6-8-19(9-7-16)23(24,25)26;2*2-1-3/h6-9,17-18,20-21H,3-5,10-15H2,1-2H3;2*1H,(H,2,3)/t17-,18+,20+,21+;;/m1../s1. The number of nitrogens with zero attached hydrogens (tertiary/aromatic N) is 3. The summed E-state index contributed by atoms with van der Waals surface area (Å²) in [6.07, 6.45) is 0.739. The van der Waals surface area contributed by atoms with Crippen molar-refractivity contribution in [3.63, 3.8) is 0 Å². The summed E-state index contributed by atoms with van der Waals surface area (Å²) < 4.78 is 38.4. The smallest absolute Gasteiger partial charge is 0.416 e. The van der Waals surface area contributed by atoms with E-state index in [-0.39, 0.29) is 25.3 Å². The maximum absolute atomic E-state index is 13.0. The Morgan fingerprint density at radius 3 is 2.19 bits per heavy atom. The molecule has 3 aliphatic rings. The Balaban J connectivity index is 0.000000693. The van der Waals surface area contributed by atoms with Gasteiger partial charge in [-0.1, -0.05) is 18.6 Å². The van der Waals surface area contributed by atoms with Crippen molar-refractivity contribution in [2.75, 3.05) is 40.3 Å². The molecule has 3 aliphatic heterocycles. The van der Waals surface area contributed by atoms with Crippen LogP contribution in [0, 0.1) is 11.8 Å². The molecule has 0 saturated carbocycles. The van der Waals surface area contributed by atoms with Crippen LogP contribution in [0.15, 0.2) is 24.3 Å². The minimum Gasteiger partial charge on any atom is -0.483 e. The number of carboxylic acid groups (broad SMARTS) is 2. The molecule has 8 nitrogen and oxygen atoms in total. The monoisotopic (exact) mass is 515 g/mol. The van der Waals surface area contributed by atoms with Gasteiger partial charge in [-0.2, -0.15) is 13.2 Å². The molecule has 1 amide bonds. The molecule has 2 bridgehead atoms. The van der Waals surface area contributed by atoms with Crippen molar-refractivity contribution in [2.45, 2.75) is 50.4 Å². The van der Waals surface area contributed by atoms with Gasteiger partial charge in [-0.15, -0.1) is 0 Å². The molecule has 3 heterocycles. The van der Waals surface area contributed by atoms with Crippen molar-refractivity contribution in [2.24, 2.45) is 11.8 Å². The van der Waals surface area contributed by atoms with Gasteiger partial charge in [0, 0.05) is 31.7 Å². The zero-order chi connectivity index (χ0) is 26.9. The van der Waals surface area contributed by atoms with Gasteiger partial charge in [-0.25, -0.2) is 0 Å². The number of likely N-dealkylation sites (tertiary alicyclic amines) is 1. The van der Waals surface area contributed by atoms with E-state index in [0.29, 0.717) is 29.5 Å². The Bertz CT molecular complexity index is 844. The van der Waals surface area contributed by atoms with Crippen molar-refractivity contribution in [1.29, 1.82) is 0 Å². The second kappa shape index (κ2) is 13.6. The molecule has 3 fully saturated rings. The zero-order valence-corrected chi connectivity index (χ0v) is 20.7. The minimum absolute atomic E-state index is 0.0392. The molecule has 0 spiro atoms. The normalized spacial score (nSPS) is 25.4. The molecule has 0 unspecified atom stereocenters. The first-order valence-corrected chi connectivity index (χ1v) is 12.1. The number of carbonyl (C=O) groups is 3. The summed E-state index contributed by atoms with van der Waals surface area (Å²) in [5.74, 6) is 1.02. The molecule has 0 aliphatic carbocycles. The Morgan fingerprint density at radius 1 is 1.06 bits per heavy atom. The molecule has 11 heteroatoms.